The van der Waals surface area contributed by atoms with E-state index < -0.39 is 6.36 Å². The molecule has 32 heavy (non-hydrogen) atoms. The summed E-state index contributed by atoms with van der Waals surface area (Å²) in [5.74, 6) is -1.06. The van der Waals surface area contributed by atoms with Crippen molar-refractivity contribution < 1.29 is 27.5 Å². The third-order valence-electron chi connectivity index (χ3n) is 3.81. The summed E-state index contributed by atoms with van der Waals surface area (Å²) < 4.78 is 40.8. The Kier molecular flexibility index (Phi) is 7.36. The number of hydrogen-bond donors (Lipinski definition) is 2. The SMILES string of the molecule is Cc1cc(C)cc(C(=O)Nc2nnc(SCC(=O)Nc3ccc(OC(F)(F)F)cc3)s2)c1. The lowest BCUT2D eigenvalue weighted by atomic mass is 10.1. The number of carbonyl (C=O) groups excluding carboxylic acids is 2. The van der Waals surface area contributed by atoms with E-state index >= 15 is 0 Å². The molecule has 1 aromatic heterocycles. The Morgan fingerprint density at radius 2 is 1.69 bits per heavy atom. The number of nitrogens with one attached hydrogen (secondary N) is 2. The van der Waals surface area contributed by atoms with Gasteiger partial charge in [-0.2, -0.15) is 0 Å². The Morgan fingerprint density at radius 3 is 2.31 bits per heavy atom. The molecule has 12 heteroatoms. The lowest BCUT2D eigenvalue weighted by Crippen LogP contribution is -2.17. The highest BCUT2D eigenvalue weighted by molar-refractivity contribution is 8.01. The average molecular weight is 483 g/mol. The van der Waals surface area contributed by atoms with Gasteiger partial charge in [0.2, 0.25) is 11.0 Å². The van der Waals surface area contributed by atoms with Gasteiger partial charge in [0.25, 0.3) is 5.91 Å². The first kappa shape index (κ1) is 23.5. The molecule has 3 aromatic rings. The van der Waals surface area contributed by atoms with Crippen molar-refractivity contribution in [3.63, 3.8) is 0 Å². The van der Waals surface area contributed by atoms with Crippen LogP contribution in [0.1, 0.15) is 21.5 Å². The number of rotatable bonds is 7. The van der Waals surface area contributed by atoms with Crippen molar-refractivity contribution in [2.45, 2.75) is 24.5 Å². The number of thioether (sulfide) groups is 1. The Bertz CT molecular complexity index is 1100. The van der Waals surface area contributed by atoms with E-state index in [9.17, 15) is 22.8 Å². The van der Waals surface area contributed by atoms with Gasteiger partial charge in [-0.05, 0) is 50.2 Å². The van der Waals surface area contributed by atoms with Crippen molar-refractivity contribution in [3.05, 3.63) is 59.2 Å². The highest BCUT2D eigenvalue weighted by atomic mass is 32.2. The number of anilines is 2. The fraction of sp³-hybridized carbons (Fsp3) is 0.200. The maximum atomic E-state index is 12.4. The van der Waals surface area contributed by atoms with Gasteiger partial charge >= 0.3 is 6.36 Å². The zero-order valence-electron chi connectivity index (χ0n) is 16.8. The summed E-state index contributed by atoms with van der Waals surface area (Å²) in [5.41, 5.74) is 2.77. The standard InChI is InChI=1S/C20H17F3N4O3S2/c1-11-7-12(2)9-13(8-11)17(29)25-18-26-27-19(32-18)31-10-16(28)24-14-3-5-15(6-4-14)30-20(21,22)23/h3-9H,10H2,1-2H3,(H,24,28)(H,25,26,29). The first-order valence-electron chi connectivity index (χ1n) is 9.09. The lowest BCUT2D eigenvalue weighted by molar-refractivity contribution is -0.274. The van der Waals surface area contributed by atoms with Gasteiger partial charge in [-0.1, -0.05) is 40.3 Å². The number of aryl methyl sites for hydroxylation is 2. The van der Waals surface area contributed by atoms with Crippen molar-refractivity contribution >= 4 is 45.7 Å². The maximum Gasteiger partial charge on any atom is 0.573 e. The summed E-state index contributed by atoms with van der Waals surface area (Å²) in [5, 5.41) is 13.4. The van der Waals surface area contributed by atoms with Crippen molar-refractivity contribution in [2.75, 3.05) is 16.4 Å². The van der Waals surface area contributed by atoms with Crippen molar-refractivity contribution in [2.24, 2.45) is 0 Å². The Hall–Kier alpha value is -3.12. The van der Waals surface area contributed by atoms with E-state index in [2.05, 4.69) is 25.6 Å². The maximum absolute atomic E-state index is 12.4. The van der Waals surface area contributed by atoms with Gasteiger partial charge in [-0.3, -0.25) is 14.9 Å². The van der Waals surface area contributed by atoms with E-state index in [0.717, 1.165) is 46.4 Å². The molecule has 0 radical (unpaired) electrons. The van der Waals surface area contributed by atoms with Crippen molar-refractivity contribution in [1.29, 1.82) is 0 Å². The van der Waals surface area contributed by atoms with Gasteiger partial charge in [0.15, 0.2) is 4.34 Å². The van der Waals surface area contributed by atoms with Crippen LogP contribution in [0.25, 0.3) is 0 Å². The Balaban J connectivity index is 1.49. The predicted molar refractivity (Wildman–Crippen MR) is 116 cm³/mol. The average Bonchev–Trinajstić information content (AvgIpc) is 3.13. The fourth-order valence-electron chi connectivity index (χ4n) is 2.66. The van der Waals surface area contributed by atoms with E-state index in [1.165, 1.54) is 12.1 Å². The first-order chi connectivity index (χ1) is 15.1. The van der Waals surface area contributed by atoms with Gasteiger partial charge in [0.05, 0.1) is 5.75 Å². The second-order valence-electron chi connectivity index (χ2n) is 6.61. The molecule has 0 unspecified atom stereocenters. The lowest BCUT2D eigenvalue weighted by Gasteiger charge is -2.09. The van der Waals surface area contributed by atoms with Crippen LogP contribution in [-0.4, -0.2) is 34.1 Å². The molecule has 0 saturated carbocycles. The molecule has 0 atom stereocenters. The molecule has 2 N–H and O–H groups in total. The molecule has 0 fully saturated rings. The number of halogens is 3. The van der Waals surface area contributed by atoms with Gasteiger partial charge < -0.3 is 10.1 Å². The van der Waals surface area contributed by atoms with Crippen LogP contribution in [0.4, 0.5) is 24.0 Å². The third kappa shape index (κ3) is 7.24. The molecule has 2 amide bonds. The summed E-state index contributed by atoms with van der Waals surface area (Å²) in [4.78, 5) is 24.5. The molecule has 0 spiro atoms. The summed E-state index contributed by atoms with van der Waals surface area (Å²) in [6.07, 6.45) is -4.78. The van der Waals surface area contributed by atoms with Crippen LogP contribution in [0, 0.1) is 13.8 Å². The van der Waals surface area contributed by atoms with Crippen LogP contribution in [0.15, 0.2) is 46.8 Å². The largest absolute Gasteiger partial charge is 0.573 e. The van der Waals surface area contributed by atoms with E-state index in [-0.39, 0.29) is 23.3 Å². The van der Waals surface area contributed by atoms with Gasteiger partial charge in [-0.15, -0.1) is 23.4 Å². The smallest absolute Gasteiger partial charge is 0.406 e. The summed E-state index contributed by atoms with van der Waals surface area (Å²) in [7, 11) is 0. The molecular formula is C20H17F3N4O3S2. The molecule has 1 heterocycles. The van der Waals surface area contributed by atoms with E-state index in [1.807, 2.05) is 19.9 Å². The van der Waals surface area contributed by atoms with Crippen LogP contribution in [0.3, 0.4) is 0 Å². The fourth-order valence-corrected chi connectivity index (χ4v) is 4.20. The van der Waals surface area contributed by atoms with Gasteiger partial charge in [0.1, 0.15) is 5.75 Å². The van der Waals surface area contributed by atoms with Gasteiger partial charge in [0, 0.05) is 11.3 Å². The minimum Gasteiger partial charge on any atom is -0.406 e. The van der Waals surface area contributed by atoms with Crippen LogP contribution in [0.2, 0.25) is 0 Å². The summed E-state index contributed by atoms with van der Waals surface area (Å²) in [6, 6.07) is 10.3. The minimum atomic E-state index is -4.78. The quantitative estimate of drug-likeness (QED) is 0.362. The number of alkyl halides is 3. The number of hydrogen-bond acceptors (Lipinski definition) is 7. The third-order valence-corrected chi connectivity index (χ3v) is 5.78. The molecular weight excluding hydrogens is 465 g/mol. The molecule has 0 aliphatic heterocycles. The molecule has 168 valence electrons. The molecule has 2 aromatic carbocycles. The monoisotopic (exact) mass is 482 g/mol. The Morgan fingerprint density at radius 1 is 1.03 bits per heavy atom. The van der Waals surface area contributed by atoms with Gasteiger partial charge in [-0.25, -0.2) is 0 Å². The second-order valence-corrected chi connectivity index (χ2v) is 8.81. The second kappa shape index (κ2) is 10.0. The first-order valence-corrected chi connectivity index (χ1v) is 10.9. The molecule has 0 saturated heterocycles. The minimum absolute atomic E-state index is 0.000453. The zero-order chi connectivity index (χ0) is 23.3. The van der Waals surface area contributed by atoms with E-state index in [0.29, 0.717) is 20.7 Å². The summed E-state index contributed by atoms with van der Waals surface area (Å²) in [6.45, 7) is 3.80. The van der Waals surface area contributed by atoms with Crippen LogP contribution in [-0.2, 0) is 4.79 Å². The number of carbonyl (C=O) groups is 2. The van der Waals surface area contributed by atoms with Crippen LogP contribution in [0.5, 0.6) is 5.75 Å². The normalized spacial score (nSPS) is 11.2. The number of benzene rings is 2. The Labute approximate surface area is 189 Å². The van der Waals surface area contributed by atoms with Crippen LogP contribution < -0.4 is 15.4 Å². The van der Waals surface area contributed by atoms with Crippen molar-refractivity contribution in [3.8, 4) is 5.75 Å². The topological polar surface area (TPSA) is 93.2 Å². The summed E-state index contributed by atoms with van der Waals surface area (Å²) >= 11 is 2.24. The zero-order valence-corrected chi connectivity index (χ0v) is 18.5. The van der Waals surface area contributed by atoms with Crippen molar-refractivity contribution in [1.82, 2.24) is 10.2 Å². The molecule has 0 bridgehead atoms. The molecule has 7 nitrogen and oxygen atoms in total. The van der Waals surface area contributed by atoms with Crippen LogP contribution >= 0.6 is 23.1 Å². The predicted octanol–water partition coefficient (Wildman–Crippen LogP) is 5.04. The van der Waals surface area contributed by atoms with E-state index in [4.69, 9.17) is 0 Å². The molecule has 0 aliphatic carbocycles. The molecule has 0 aliphatic rings. The number of ether oxygens (including phenoxy) is 1. The number of aromatic nitrogens is 2. The number of amides is 2. The van der Waals surface area contributed by atoms with E-state index in [1.54, 1.807) is 12.1 Å². The highest BCUT2D eigenvalue weighted by Crippen LogP contribution is 2.27. The molecule has 3 rings (SSSR count). The number of nitrogens with zero attached hydrogens (tertiary/aromatic N) is 2. The highest BCUT2D eigenvalue weighted by Gasteiger charge is 2.31.